The Balaban J connectivity index is 2.47. The fourth-order valence-corrected chi connectivity index (χ4v) is 1.54. The molecule has 1 fully saturated rings. The second-order valence-electron chi connectivity index (χ2n) is 3.51. The van der Waals surface area contributed by atoms with Gasteiger partial charge in [-0.1, -0.05) is 13.8 Å². The smallest absolute Gasteiger partial charge is 0.225 e. The van der Waals surface area contributed by atoms with Crippen molar-refractivity contribution in [1.29, 1.82) is 0 Å². The molecule has 68 valence electrons. The van der Waals surface area contributed by atoms with Crippen molar-refractivity contribution in [3.63, 3.8) is 0 Å². The lowest BCUT2D eigenvalue weighted by Gasteiger charge is -2.13. The zero-order valence-electron chi connectivity index (χ0n) is 7.62. The van der Waals surface area contributed by atoms with E-state index in [-0.39, 0.29) is 11.8 Å². The molecular weight excluding hydrogens is 154 g/mol. The van der Waals surface area contributed by atoms with Gasteiger partial charge in [-0.2, -0.15) is 0 Å². The van der Waals surface area contributed by atoms with E-state index < -0.39 is 0 Å². The van der Waals surface area contributed by atoms with Crippen molar-refractivity contribution >= 4 is 12.2 Å². The van der Waals surface area contributed by atoms with E-state index in [2.05, 4.69) is 6.92 Å². The topological polar surface area (TPSA) is 37.4 Å². The average molecular weight is 169 g/mol. The minimum atomic E-state index is 0.136. The fraction of sp³-hybridized carbons (Fsp3) is 0.778. The molecule has 1 heterocycles. The van der Waals surface area contributed by atoms with Crippen molar-refractivity contribution in [1.82, 2.24) is 4.90 Å². The van der Waals surface area contributed by atoms with Crippen LogP contribution in [0.1, 0.15) is 20.3 Å². The van der Waals surface area contributed by atoms with Crippen LogP contribution in [0.3, 0.4) is 0 Å². The predicted octanol–water partition coefficient (Wildman–Crippen LogP) is 0.690. The van der Waals surface area contributed by atoms with Crippen LogP contribution in [0.2, 0.25) is 0 Å². The quantitative estimate of drug-likeness (QED) is 0.583. The molecule has 0 spiro atoms. The number of hydrogen-bond donors (Lipinski definition) is 0. The third-order valence-corrected chi connectivity index (χ3v) is 2.58. The first-order valence-corrected chi connectivity index (χ1v) is 4.39. The third kappa shape index (κ3) is 1.65. The lowest BCUT2D eigenvalue weighted by atomic mass is 10.0. The highest BCUT2D eigenvalue weighted by atomic mass is 16.2. The summed E-state index contributed by atoms with van der Waals surface area (Å²) in [6.07, 6.45) is 1.33. The van der Waals surface area contributed by atoms with Crippen molar-refractivity contribution in [3.8, 4) is 0 Å². The minimum Gasteiger partial charge on any atom is -0.342 e. The standard InChI is InChI=1S/C9H15NO2/c1-7-6-10(4-3-5-11)9(12)8(7)2/h5,7-8H,3-4,6H2,1-2H3. The molecular formula is C9H15NO2. The Morgan fingerprint density at radius 2 is 2.25 bits per heavy atom. The van der Waals surface area contributed by atoms with Gasteiger partial charge in [0.15, 0.2) is 0 Å². The fourth-order valence-electron chi connectivity index (χ4n) is 1.54. The molecule has 1 rings (SSSR count). The predicted molar refractivity (Wildman–Crippen MR) is 45.6 cm³/mol. The second kappa shape index (κ2) is 3.70. The first-order chi connectivity index (χ1) is 5.66. The lowest BCUT2D eigenvalue weighted by Crippen LogP contribution is -2.27. The summed E-state index contributed by atoms with van der Waals surface area (Å²) in [7, 11) is 0. The first kappa shape index (κ1) is 9.23. The average Bonchev–Trinajstić information content (AvgIpc) is 2.30. The SMILES string of the molecule is CC1CN(CCC=O)C(=O)C1C. The van der Waals surface area contributed by atoms with Crippen molar-refractivity contribution in [2.45, 2.75) is 20.3 Å². The molecule has 2 atom stereocenters. The third-order valence-electron chi connectivity index (χ3n) is 2.58. The highest BCUT2D eigenvalue weighted by molar-refractivity contribution is 5.81. The van der Waals surface area contributed by atoms with Crippen LogP contribution in [0.4, 0.5) is 0 Å². The van der Waals surface area contributed by atoms with Gasteiger partial charge in [-0.05, 0) is 5.92 Å². The molecule has 3 heteroatoms. The van der Waals surface area contributed by atoms with Gasteiger partial charge >= 0.3 is 0 Å². The Morgan fingerprint density at radius 3 is 2.67 bits per heavy atom. The number of carbonyl (C=O) groups excluding carboxylic acids is 2. The van der Waals surface area contributed by atoms with Crippen LogP contribution < -0.4 is 0 Å². The van der Waals surface area contributed by atoms with E-state index in [0.29, 0.717) is 18.9 Å². The Bertz CT molecular complexity index is 191. The lowest BCUT2D eigenvalue weighted by molar-refractivity contribution is -0.130. The van der Waals surface area contributed by atoms with Crippen LogP contribution >= 0.6 is 0 Å². The van der Waals surface area contributed by atoms with Crippen molar-refractivity contribution in [2.24, 2.45) is 11.8 Å². The summed E-state index contributed by atoms with van der Waals surface area (Å²) in [6.45, 7) is 5.43. The second-order valence-corrected chi connectivity index (χ2v) is 3.51. The van der Waals surface area contributed by atoms with E-state index in [1.807, 2.05) is 6.92 Å². The number of carbonyl (C=O) groups is 2. The summed E-state index contributed by atoms with van der Waals surface area (Å²) >= 11 is 0. The van der Waals surface area contributed by atoms with E-state index >= 15 is 0 Å². The first-order valence-electron chi connectivity index (χ1n) is 4.39. The van der Waals surface area contributed by atoms with Gasteiger partial charge in [-0.15, -0.1) is 0 Å². The number of likely N-dealkylation sites (tertiary alicyclic amines) is 1. The van der Waals surface area contributed by atoms with Gasteiger partial charge in [-0.3, -0.25) is 4.79 Å². The summed E-state index contributed by atoms with van der Waals surface area (Å²) in [5.41, 5.74) is 0. The van der Waals surface area contributed by atoms with Gasteiger partial charge in [0, 0.05) is 25.4 Å². The molecule has 12 heavy (non-hydrogen) atoms. The summed E-state index contributed by atoms with van der Waals surface area (Å²) in [4.78, 5) is 23.3. The van der Waals surface area contributed by atoms with E-state index in [4.69, 9.17) is 0 Å². The molecule has 0 saturated carbocycles. The maximum Gasteiger partial charge on any atom is 0.225 e. The van der Waals surface area contributed by atoms with Crippen LogP contribution in [0.25, 0.3) is 0 Å². The molecule has 1 amide bonds. The molecule has 0 aromatic carbocycles. The minimum absolute atomic E-state index is 0.136. The highest BCUT2D eigenvalue weighted by Crippen LogP contribution is 2.23. The Hall–Kier alpha value is -0.860. The zero-order valence-corrected chi connectivity index (χ0v) is 7.62. The molecule has 0 N–H and O–H groups in total. The van der Waals surface area contributed by atoms with E-state index in [1.165, 1.54) is 0 Å². The molecule has 0 aromatic rings. The van der Waals surface area contributed by atoms with Crippen LogP contribution in [0, 0.1) is 11.8 Å². The van der Waals surface area contributed by atoms with Crippen LogP contribution in [-0.2, 0) is 9.59 Å². The van der Waals surface area contributed by atoms with Crippen LogP contribution in [0.5, 0.6) is 0 Å². The summed E-state index contributed by atoms with van der Waals surface area (Å²) in [6, 6.07) is 0. The normalized spacial score (nSPS) is 29.5. The molecule has 0 aliphatic carbocycles. The monoisotopic (exact) mass is 169 g/mol. The molecule has 0 aromatic heterocycles. The number of hydrogen-bond acceptors (Lipinski definition) is 2. The molecule has 1 aliphatic rings. The van der Waals surface area contributed by atoms with Crippen LogP contribution in [0.15, 0.2) is 0 Å². The number of nitrogens with zero attached hydrogens (tertiary/aromatic N) is 1. The van der Waals surface area contributed by atoms with Gasteiger partial charge in [0.1, 0.15) is 6.29 Å². The molecule has 1 aliphatic heterocycles. The molecule has 0 radical (unpaired) electrons. The van der Waals surface area contributed by atoms with Crippen molar-refractivity contribution < 1.29 is 9.59 Å². The Kier molecular flexibility index (Phi) is 2.84. The van der Waals surface area contributed by atoms with Crippen LogP contribution in [-0.4, -0.2) is 30.2 Å². The largest absolute Gasteiger partial charge is 0.342 e. The molecule has 3 nitrogen and oxygen atoms in total. The number of rotatable bonds is 3. The van der Waals surface area contributed by atoms with E-state index in [0.717, 1.165) is 12.8 Å². The highest BCUT2D eigenvalue weighted by Gasteiger charge is 2.33. The maximum atomic E-state index is 11.4. The Morgan fingerprint density at radius 1 is 1.58 bits per heavy atom. The van der Waals surface area contributed by atoms with E-state index in [1.54, 1.807) is 4.90 Å². The summed E-state index contributed by atoms with van der Waals surface area (Å²) in [5.74, 6) is 0.769. The van der Waals surface area contributed by atoms with Crippen molar-refractivity contribution in [2.75, 3.05) is 13.1 Å². The molecule has 1 saturated heterocycles. The zero-order chi connectivity index (χ0) is 9.14. The van der Waals surface area contributed by atoms with Gasteiger partial charge < -0.3 is 9.69 Å². The van der Waals surface area contributed by atoms with Gasteiger partial charge in [-0.25, -0.2) is 0 Å². The summed E-state index contributed by atoms with van der Waals surface area (Å²) in [5, 5.41) is 0. The van der Waals surface area contributed by atoms with Gasteiger partial charge in [0.25, 0.3) is 0 Å². The molecule has 2 unspecified atom stereocenters. The molecule has 0 bridgehead atoms. The summed E-state index contributed by atoms with van der Waals surface area (Å²) < 4.78 is 0. The number of amides is 1. The van der Waals surface area contributed by atoms with Gasteiger partial charge in [0.05, 0.1) is 0 Å². The van der Waals surface area contributed by atoms with Crippen molar-refractivity contribution in [3.05, 3.63) is 0 Å². The van der Waals surface area contributed by atoms with E-state index in [9.17, 15) is 9.59 Å². The number of aldehydes is 1. The van der Waals surface area contributed by atoms with Gasteiger partial charge in [0.2, 0.25) is 5.91 Å². The maximum absolute atomic E-state index is 11.4. The Labute approximate surface area is 72.7 Å².